The number of hydrogen-bond acceptors (Lipinski definition) is 5. The van der Waals surface area contributed by atoms with Crippen molar-refractivity contribution in [3.8, 4) is 0 Å². The summed E-state index contributed by atoms with van der Waals surface area (Å²) in [6, 6.07) is 6.25. The minimum Gasteiger partial charge on any atom is -0.443 e. The van der Waals surface area contributed by atoms with Crippen LogP contribution in [0.4, 0.5) is 21.0 Å². The van der Waals surface area contributed by atoms with E-state index in [1.807, 2.05) is 0 Å². The van der Waals surface area contributed by atoms with Crippen LogP contribution in [-0.4, -0.2) is 29.8 Å². The number of ether oxygens (including phenoxy) is 2. The lowest BCUT2D eigenvalue weighted by Crippen LogP contribution is -2.43. The first-order chi connectivity index (χ1) is 10.9. The second-order valence-corrected chi connectivity index (χ2v) is 7.11. The summed E-state index contributed by atoms with van der Waals surface area (Å²) in [6.07, 6.45) is -1.22. The molecule has 0 aliphatic heterocycles. The molecule has 1 N–H and O–H groups in total. The predicted octanol–water partition coefficient (Wildman–Crippen LogP) is 3.93. The molecule has 0 heterocycles. The Morgan fingerprint density at radius 2 is 1.50 bits per heavy atom. The monoisotopic (exact) mass is 336 g/mol. The van der Waals surface area contributed by atoms with E-state index in [-0.39, 0.29) is 5.69 Å². The van der Waals surface area contributed by atoms with Crippen molar-refractivity contribution >= 4 is 30.0 Å². The highest BCUT2D eigenvalue weighted by Crippen LogP contribution is 2.24. The highest BCUT2D eigenvalue weighted by Gasteiger charge is 2.32. The van der Waals surface area contributed by atoms with Crippen molar-refractivity contribution in [2.24, 2.45) is 0 Å². The summed E-state index contributed by atoms with van der Waals surface area (Å²) in [4.78, 5) is 36.3. The van der Waals surface area contributed by atoms with Crippen LogP contribution < -0.4 is 10.2 Å². The van der Waals surface area contributed by atoms with Crippen molar-refractivity contribution in [2.75, 3.05) is 10.2 Å². The number of anilines is 2. The van der Waals surface area contributed by atoms with Crippen molar-refractivity contribution < 1.29 is 23.9 Å². The number of rotatable bonds is 3. The summed E-state index contributed by atoms with van der Waals surface area (Å²) < 4.78 is 10.6. The van der Waals surface area contributed by atoms with Crippen molar-refractivity contribution in [1.82, 2.24) is 0 Å². The maximum Gasteiger partial charge on any atom is 0.424 e. The second-order valence-electron chi connectivity index (χ2n) is 7.11. The minimum atomic E-state index is -0.861. The summed E-state index contributed by atoms with van der Waals surface area (Å²) in [5.41, 5.74) is -0.906. The van der Waals surface area contributed by atoms with Crippen molar-refractivity contribution in [1.29, 1.82) is 0 Å². The van der Waals surface area contributed by atoms with Gasteiger partial charge in [0.1, 0.15) is 11.2 Å². The normalized spacial score (nSPS) is 11.4. The molecular weight excluding hydrogens is 312 g/mol. The van der Waals surface area contributed by atoms with E-state index in [0.29, 0.717) is 12.1 Å². The summed E-state index contributed by atoms with van der Waals surface area (Å²) in [5.74, 6) is 0. The van der Waals surface area contributed by atoms with Gasteiger partial charge in [-0.05, 0) is 59.7 Å². The van der Waals surface area contributed by atoms with Crippen LogP contribution in [0.5, 0.6) is 0 Å². The molecule has 1 aromatic carbocycles. The van der Waals surface area contributed by atoms with Gasteiger partial charge in [-0.2, -0.15) is 4.90 Å². The van der Waals surface area contributed by atoms with E-state index in [2.05, 4.69) is 5.32 Å². The Bertz CT molecular complexity index is 586. The van der Waals surface area contributed by atoms with Gasteiger partial charge in [-0.15, -0.1) is 0 Å². The standard InChI is InChI=1S/C17H24N2O5/c1-16(2,3)23-14(21)19(15(22)24-17(4,5)6)13-9-7-8-12(10-13)18-11-20/h7-11H,1-6H3,(H,18,20). The molecule has 7 nitrogen and oxygen atoms in total. The number of amides is 3. The van der Waals surface area contributed by atoms with E-state index in [0.717, 1.165) is 4.90 Å². The first-order valence-corrected chi connectivity index (χ1v) is 7.49. The van der Waals surface area contributed by atoms with Crippen LogP contribution in [0.3, 0.4) is 0 Å². The second kappa shape index (κ2) is 7.33. The Morgan fingerprint density at radius 1 is 1.00 bits per heavy atom. The molecule has 0 radical (unpaired) electrons. The van der Waals surface area contributed by atoms with Gasteiger partial charge in [-0.25, -0.2) is 9.59 Å². The smallest absolute Gasteiger partial charge is 0.424 e. The first-order valence-electron chi connectivity index (χ1n) is 7.49. The van der Waals surface area contributed by atoms with Gasteiger partial charge in [0.2, 0.25) is 6.41 Å². The Balaban J connectivity index is 3.22. The summed E-state index contributed by atoms with van der Waals surface area (Å²) in [6.45, 7) is 10.2. The fraction of sp³-hybridized carbons (Fsp3) is 0.471. The predicted molar refractivity (Wildman–Crippen MR) is 91.1 cm³/mol. The van der Waals surface area contributed by atoms with E-state index in [1.54, 1.807) is 59.7 Å². The van der Waals surface area contributed by atoms with E-state index < -0.39 is 23.4 Å². The van der Waals surface area contributed by atoms with Gasteiger partial charge >= 0.3 is 12.2 Å². The molecular formula is C17H24N2O5. The van der Waals surface area contributed by atoms with Crippen LogP contribution in [-0.2, 0) is 14.3 Å². The van der Waals surface area contributed by atoms with Gasteiger partial charge in [0, 0.05) is 5.69 Å². The number of hydrogen-bond donors (Lipinski definition) is 1. The van der Waals surface area contributed by atoms with Crippen molar-refractivity contribution in [3.05, 3.63) is 24.3 Å². The maximum atomic E-state index is 12.5. The number of benzene rings is 1. The molecule has 0 bridgehead atoms. The van der Waals surface area contributed by atoms with Crippen molar-refractivity contribution in [2.45, 2.75) is 52.7 Å². The lowest BCUT2D eigenvalue weighted by atomic mass is 10.2. The Morgan fingerprint density at radius 3 is 1.92 bits per heavy atom. The zero-order valence-electron chi connectivity index (χ0n) is 14.9. The van der Waals surface area contributed by atoms with Crippen LogP contribution in [0.15, 0.2) is 24.3 Å². The summed E-state index contributed by atoms with van der Waals surface area (Å²) >= 11 is 0. The van der Waals surface area contributed by atoms with Crippen LogP contribution >= 0.6 is 0 Å². The fourth-order valence-corrected chi connectivity index (χ4v) is 1.70. The molecule has 3 amide bonds. The Labute approximate surface area is 141 Å². The lowest BCUT2D eigenvalue weighted by molar-refractivity contribution is -0.105. The molecule has 0 saturated heterocycles. The fourth-order valence-electron chi connectivity index (χ4n) is 1.70. The summed E-state index contributed by atoms with van der Waals surface area (Å²) in [7, 11) is 0. The van der Waals surface area contributed by atoms with Crippen LogP contribution in [0, 0.1) is 0 Å². The number of imide groups is 1. The zero-order valence-corrected chi connectivity index (χ0v) is 14.9. The third-order valence-corrected chi connectivity index (χ3v) is 2.48. The Kier molecular flexibility index (Phi) is 5.95. The highest BCUT2D eigenvalue weighted by atomic mass is 16.6. The zero-order chi connectivity index (χ0) is 18.5. The molecule has 24 heavy (non-hydrogen) atoms. The molecule has 0 aliphatic carbocycles. The molecule has 0 aliphatic rings. The molecule has 0 spiro atoms. The van der Waals surface area contributed by atoms with Crippen molar-refractivity contribution in [3.63, 3.8) is 0 Å². The van der Waals surface area contributed by atoms with Crippen LogP contribution in [0.25, 0.3) is 0 Å². The number of carbonyl (C=O) groups is 3. The first kappa shape index (κ1) is 19.5. The van der Waals surface area contributed by atoms with Gasteiger partial charge < -0.3 is 14.8 Å². The van der Waals surface area contributed by atoms with E-state index in [1.165, 1.54) is 6.07 Å². The van der Waals surface area contributed by atoms with Crippen LogP contribution in [0.1, 0.15) is 41.5 Å². The number of carbonyl (C=O) groups excluding carboxylic acids is 3. The Hall–Kier alpha value is -2.57. The average Bonchev–Trinajstić information content (AvgIpc) is 2.35. The highest BCUT2D eigenvalue weighted by molar-refractivity contribution is 6.09. The lowest BCUT2D eigenvalue weighted by Gasteiger charge is -2.28. The largest absolute Gasteiger partial charge is 0.443 e. The minimum absolute atomic E-state index is 0.227. The molecule has 0 atom stereocenters. The molecule has 0 fully saturated rings. The number of nitrogens with one attached hydrogen (secondary N) is 1. The number of nitrogens with zero attached hydrogens (tertiary/aromatic N) is 1. The topological polar surface area (TPSA) is 84.9 Å². The summed E-state index contributed by atoms with van der Waals surface area (Å²) in [5, 5.41) is 2.47. The molecule has 0 unspecified atom stereocenters. The van der Waals surface area contributed by atoms with Gasteiger partial charge in [0.15, 0.2) is 0 Å². The molecule has 0 aromatic heterocycles. The van der Waals surface area contributed by atoms with Crippen LogP contribution in [0.2, 0.25) is 0 Å². The van der Waals surface area contributed by atoms with Gasteiger partial charge in [0.25, 0.3) is 0 Å². The maximum absolute atomic E-state index is 12.5. The average molecular weight is 336 g/mol. The van der Waals surface area contributed by atoms with E-state index in [4.69, 9.17) is 9.47 Å². The molecule has 1 aromatic rings. The van der Waals surface area contributed by atoms with Gasteiger partial charge in [-0.1, -0.05) is 6.07 Å². The molecule has 0 saturated carbocycles. The molecule has 7 heteroatoms. The third-order valence-electron chi connectivity index (χ3n) is 2.48. The SMILES string of the molecule is CC(C)(C)OC(=O)N(C(=O)OC(C)(C)C)c1cccc(NC=O)c1. The van der Waals surface area contributed by atoms with Gasteiger partial charge in [-0.3, -0.25) is 4.79 Å². The van der Waals surface area contributed by atoms with E-state index >= 15 is 0 Å². The molecule has 1 rings (SSSR count). The third kappa shape index (κ3) is 6.28. The quantitative estimate of drug-likeness (QED) is 0.845. The molecule has 132 valence electrons. The van der Waals surface area contributed by atoms with E-state index in [9.17, 15) is 14.4 Å². The van der Waals surface area contributed by atoms with Gasteiger partial charge in [0.05, 0.1) is 5.69 Å².